The number of nitrogens with one attached hydrogen (secondary N) is 1. The SMILES string of the molecule is CN1CCN(c2ccc(N=Cc3c(O)[nH]c(=O)c4ccc(C=Cc5ccc(F)cc5)cc34)cc2)CC1. The predicted octanol–water partition coefficient (Wildman–Crippen LogP) is 5.05. The quantitative estimate of drug-likeness (QED) is 0.309. The second kappa shape index (κ2) is 10.2. The van der Waals surface area contributed by atoms with Gasteiger partial charge in [0.25, 0.3) is 5.56 Å². The fourth-order valence-corrected chi connectivity index (χ4v) is 4.31. The number of piperazine rings is 1. The van der Waals surface area contributed by atoms with E-state index in [0.717, 1.165) is 48.7 Å². The van der Waals surface area contributed by atoms with Gasteiger partial charge < -0.3 is 14.9 Å². The summed E-state index contributed by atoms with van der Waals surface area (Å²) in [6.07, 6.45) is 5.32. The average Bonchev–Trinajstić information content (AvgIpc) is 2.89. The lowest BCUT2D eigenvalue weighted by Gasteiger charge is -2.34. The first-order valence-corrected chi connectivity index (χ1v) is 11.9. The summed E-state index contributed by atoms with van der Waals surface area (Å²) in [5, 5.41) is 11.6. The van der Waals surface area contributed by atoms with Crippen LogP contribution in [0.1, 0.15) is 16.7 Å². The highest BCUT2D eigenvalue weighted by atomic mass is 19.1. The molecule has 7 heteroatoms. The van der Waals surface area contributed by atoms with Crippen molar-refractivity contribution >= 4 is 40.5 Å². The maximum absolute atomic E-state index is 13.2. The number of halogens is 1. The van der Waals surface area contributed by atoms with Crippen LogP contribution in [0.4, 0.5) is 15.8 Å². The highest BCUT2D eigenvalue weighted by Crippen LogP contribution is 2.25. The van der Waals surface area contributed by atoms with Crippen LogP contribution in [0.15, 0.2) is 76.5 Å². The molecule has 1 aliphatic rings. The first-order chi connectivity index (χ1) is 17.5. The van der Waals surface area contributed by atoms with Crippen molar-refractivity contribution in [2.45, 2.75) is 0 Å². The van der Waals surface area contributed by atoms with Gasteiger partial charge in [-0.05, 0) is 66.7 Å². The zero-order valence-electron chi connectivity index (χ0n) is 20.0. The lowest BCUT2D eigenvalue weighted by Crippen LogP contribution is -2.44. The average molecular weight is 483 g/mol. The fourth-order valence-electron chi connectivity index (χ4n) is 4.31. The molecule has 1 fully saturated rings. The largest absolute Gasteiger partial charge is 0.494 e. The van der Waals surface area contributed by atoms with Gasteiger partial charge in [-0.2, -0.15) is 0 Å². The number of H-pyrrole nitrogens is 1. The summed E-state index contributed by atoms with van der Waals surface area (Å²) in [7, 11) is 2.13. The van der Waals surface area contributed by atoms with Gasteiger partial charge in [0.1, 0.15) is 5.82 Å². The first-order valence-electron chi connectivity index (χ1n) is 11.9. The summed E-state index contributed by atoms with van der Waals surface area (Å²) in [6.45, 7) is 4.07. The first kappa shape index (κ1) is 23.5. The lowest BCUT2D eigenvalue weighted by atomic mass is 10.0. The molecule has 3 aromatic carbocycles. The minimum absolute atomic E-state index is 0.232. The van der Waals surface area contributed by atoms with Crippen molar-refractivity contribution in [3.05, 3.63) is 99.6 Å². The molecular weight excluding hydrogens is 455 g/mol. The van der Waals surface area contributed by atoms with E-state index in [9.17, 15) is 14.3 Å². The number of aromatic hydroxyl groups is 1. The van der Waals surface area contributed by atoms with Crippen molar-refractivity contribution in [3.63, 3.8) is 0 Å². The van der Waals surface area contributed by atoms with Crippen LogP contribution in [0.2, 0.25) is 0 Å². The molecule has 1 saturated heterocycles. The minimum Gasteiger partial charge on any atom is -0.494 e. The summed E-state index contributed by atoms with van der Waals surface area (Å²) in [5.74, 6) is -0.518. The molecule has 2 N–H and O–H groups in total. The molecule has 0 amide bonds. The van der Waals surface area contributed by atoms with Gasteiger partial charge in [0, 0.05) is 48.9 Å². The lowest BCUT2D eigenvalue weighted by molar-refractivity contribution is 0.313. The minimum atomic E-state index is -0.370. The molecule has 0 atom stereocenters. The van der Waals surface area contributed by atoms with Crippen LogP contribution in [-0.2, 0) is 0 Å². The topological polar surface area (TPSA) is 71.9 Å². The molecule has 1 aliphatic heterocycles. The van der Waals surface area contributed by atoms with Gasteiger partial charge in [-0.15, -0.1) is 0 Å². The van der Waals surface area contributed by atoms with Gasteiger partial charge in [0.05, 0.1) is 11.3 Å². The van der Waals surface area contributed by atoms with Gasteiger partial charge in [-0.25, -0.2) is 4.39 Å². The van der Waals surface area contributed by atoms with Crippen molar-refractivity contribution < 1.29 is 9.50 Å². The number of anilines is 1. The van der Waals surface area contributed by atoms with E-state index in [1.807, 2.05) is 36.4 Å². The van der Waals surface area contributed by atoms with E-state index >= 15 is 0 Å². The second-order valence-electron chi connectivity index (χ2n) is 8.97. The Morgan fingerprint density at radius 2 is 1.56 bits per heavy atom. The highest BCUT2D eigenvalue weighted by Gasteiger charge is 2.14. The number of likely N-dealkylation sites (N-methyl/N-ethyl adjacent to an activating group) is 1. The molecule has 0 unspecified atom stereocenters. The van der Waals surface area contributed by atoms with E-state index < -0.39 is 0 Å². The van der Waals surface area contributed by atoms with E-state index in [1.165, 1.54) is 12.1 Å². The van der Waals surface area contributed by atoms with Crippen LogP contribution < -0.4 is 10.5 Å². The molecule has 5 rings (SSSR count). The smallest absolute Gasteiger partial charge is 0.258 e. The normalized spacial score (nSPS) is 14.9. The Morgan fingerprint density at radius 1 is 0.889 bits per heavy atom. The van der Waals surface area contributed by atoms with Crippen LogP contribution in [0.5, 0.6) is 5.88 Å². The zero-order chi connectivity index (χ0) is 25.1. The maximum atomic E-state index is 13.2. The molecule has 1 aromatic heterocycles. The van der Waals surface area contributed by atoms with Crippen molar-refractivity contribution in [3.8, 4) is 5.88 Å². The molecule has 0 aliphatic carbocycles. The van der Waals surface area contributed by atoms with Crippen LogP contribution in [0, 0.1) is 5.82 Å². The third kappa shape index (κ3) is 5.21. The molecule has 2 heterocycles. The number of aromatic amines is 1. The molecule has 0 bridgehead atoms. The summed E-state index contributed by atoms with van der Waals surface area (Å²) in [5.41, 5.74) is 3.67. The Balaban J connectivity index is 1.42. The predicted molar refractivity (Wildman–Crippen MR) is 145 cm³/mol. The molecule has 36 heavy (non-hydrogen) atoms. The molecule has 0 saturated carbocycles. The number of pyridine rings is 1. The Labute approximate surface area is 208 Å². The van der Waals surface area contributed by atoms with Gasteiger partial charge in [0.15, 0.2) is 0 Å². The number of nitrogens with zero attached hydrogens (tertiary/aromatic N) is 3. The number of benzene rings is 3. The fraction of sp³-hybridized carbons (Fsp3) is 0.172. The third-order valence-electron chi connectivity index (χ3n) is 6.46. The van der Waals surface area contributed by atoms with E-state index in [0.29, 0.717) is 16.3 Å². The summed E-state index contributed by atoms with van der Waals surface area (Å²) < 4.78 is 13.2. The number of hydrogen-bond donors (Lipinski definition) is 2. The van der Waals surface area contributed by atoms with Gasteiger partial charge >= 0.3 is 0 Å². The highest BCUT2D eigenvalue weighted by molar-refractivity contribution is 6.02. The number of aliphatic imine (C=N–C) groups is 1. The third-order valence-corrected chi connectivity index (χ3v) is 6.46. The summed E-state index contributed by atoms with van der Waals surface area (Å²) in [4.78, 5) is 24.2. The van der Waals surface area contributed by atoms with Crippen LogP contribution >= 0.6 is 0 Å². The van der Waals surface area contributed by atoms with Crippen molar-refractivity contribution in [2.24, 2.45) is 4.99 Å². The Hall–Kier alpha value is -4.23. The summed E-state index contributed by atoms with van der Waals surface area (Å²) in [6, 6.07) is 19.6. The number of fused-ring (bicyclic) bond motifs is 1. The molecule has 4 aromatic rings. The number of rotatable bonds is 5. The van der Waals surface area contributed by atoms with Gasteiger partial charge in [0.2, 0.25) is 5.88 Å². The Bertz CT molecular complexity index is 1480. The van der Waals surface area contributed by atoms with E-state index in [-0.39, 0.29) is 17.3 Å². The zero-order valence-corrected chi connectivity index (χ0v) is 20.0. The molecule has 182 valence electrons. The molecule has 6 nitrogen and oxygen atoms in total. The Morgan fingerprint density at radius 3 is 2.28 bits per heavy atom. The molecule has 0 radical (unpaired) electrons. The van der Waals surface area contributed by atoms with Gasteiger partial charge in [-0.1, -0.05) is 30.4 Å². The van der Waals surface area contributed by atoms with Crippen molar-refractivity contribution in [1.82, 2.24) is 9.88 Å². The van der Waals surface area contributed by atoms with Crippen LogP contribution in [0.25, 0.3) is 22.9 Å². The van der Waals surface area contributed by atoms with Crippen molar-refractivity contribution in [2.75, 3.05) is 38.1 Å². The van der Waals surface area contributed by atoms with E-state index in [4.69, 9.17) is 0 Å². The van der Waals surface area contributed by atoms with Crippen molar-refractivity contribution in [1.29, 1.82) is 0 Å². The summed E-state index contributed by atoms with van der Waals surface area (Å²) >= 11 is 0. The van der Waals surface area contributed by atoms with Crippen LogP contribution in [-0.4, -0.2) is 54.4 Å². The van der Waals surface area contributed by atoms with Crippen LogP contribution in [0.3, 0.4) is 0 Å². The van der Waals surface area contributed by atoms with E-state index in [2.05, 4.69) is 39.0 Å². The Kier molecular flexibility index (Phi) is 6.64. The van der Waals surface area contributed by atoms with Gasteiger partial charge in [-0.3, -0.25) is 14.8 Å². The number of aromatic nitrogens is 1. The second-order valence-corrected chi connectivity index (χ2v) is 8.97. The van der Waals surface area contributed by atoms with E-state index in [1.54, 1.807) is 24.4 Å². The monoisotopic (exact) mass is 482 g/mol. The number of hydrogen-bond acceptors (Lipinski definition) is 5. The molecular formula is C29H27FN4O2. The standard InChI is InChI=1S/C29H27FN4O2/c1-33-14-16-34(17-15-33)24-11-9-23(10-12-24)31-19-27-26-18-21(3-2-20-4-7-22(30)8-5-20)6-13-25(26)28(35)32-29(27)36/h2-13,18-19H,14-17H2,1H3,(H2,32,35,36). The molecule has 0 spiro atoms. The maximum Gasteiger partial charge on any atom is 0.258 e.